The molecular formula is C25H29N3O3. The second-order valence-corrected chi connectivity index (χ2v) is 7.42. The van der Waals surface area contributed by atoms with Gasteiger partial charge < -0.3 is 9.40 Å². The zero-order chi connectivity index (χ0) is 22.2. The first-order valence-corrected chi connectivity index (χ1v) is 10.7. The van der Waals surface area contributed by atoms with Crippen molar-refractivity contribution in [1.29, 1.82) is 0 Å². The van der Waals surface area contributed by atoms with Crippen LogP contribution in [0.5, 0.6) is 0 Å². The van der Waals surface area contributed by atoms with Crippen LogP contribution in [0, 0.1) is 10.1 Å². The Hall–Kier alpha value is -3.22. The van der Waals surface area contributed by atoms with Gasteiger partial charge in [-0.3, -0.25) is 10.1 Å². The van der Waals surface area contributed by atoms with Crippen molar-refractivity contribution in [2.24, 2.45) is 5.90 Å². The molecule has 4 aromatic rings. The molecule has 3 aromatic carbocycles. The highest BCUT2D eigenvalue weighted by Crippen LogP contribution is 2.35. The number of nitrogens with zero attached hydrogens (tertiary/aromatic N) is 2. The quantitative estimate of drug-likeness (QED) is 0.281. The summed E-state index contributed by atoms with van der Waals surface area (Å²) in [6, 6.07) is 21.5. The molecule has 0 amide bonds. The van der Waals surface area contributed by atoms with Crippen LogP contribution >= 0.6 is 0 Å². The number of nitrogens with two attached hydrogens (primary N) is 1. The average Bonchev–Trinajstić information content (AvgIpc) is 3.12. The Morgan fingerprint density at radius 2 is 1.65 bits per heavy atom. The molecule has 6 nitrogen and oxygen atoms in total. The zero-order valence-corrected chi connectivity index (χ0v) is 18.1. The Morgan fingerprint density at radius 1 is 0.935 bits per heavy atom. The van der Waals surface area contributed by atoms with Crippen LogP contribution in [-0.2, 0) is 11.3 Å². The van der Waals surface area contributed by atoms with Crippen LogP contribution in [0.2, 0.25) is 0 Å². The van der Waals surface area contributed by atoms with Gasteiger partial charge in [0.05, 0.1) is 22.6 Å². The molecule has 1 aromatic heterocycles. The molecule has 0 radical (unpaired) electrons. The smallest absolute Gasteiger partial charge is 0.293 e. The molecule has 4 rings (SSSR count). The van der Waals surface area contributed by atoms with Crippen LogP contribution in [0.4, 0.5) is 5.69 Å². The van der Waals surface area contributed by atoms with Crippen molar-refractivity contribution < 1.29 is 9.76 Å². The molecule has 31 heavy (non-hydrogen) atoms. The van der Waals surface area contributed by atoms with Crippen LogP contribution in [0.25, 0.3) is 27.5 Å². The Kier molecular flexibility index (Phi) is 7.76. The van der Waals surface area contributed by atoms with E-state index in [-0.39, 0.29) is 10.6 Å². The fraction of sp³-hybridized carbons (Fsp3) is 0.280. The van der Waals surface area contributed by atoms with Crippen molar-refractivity contribution in [1.82, 2.24) is 4.57 Å². The first kappa shape index (κ1) is 22.5. The number of unbranched alkanes of at least 4 members (excludes halogenated alkanes) is 1. The number of benzene rings is 3. The van der Waals surface area contributed by atoms with E-state index >= 15 is 0 Å². The summed E-state index contributed by atoms with van der Waals surface area (Å²) in [5, 5.41) is 13.8. The largest absolute Gasteiger partial charge is 0.305 e. The standard InChI is InChI=1S/C22H20N2O2.C3H9NO/c1-2-3-8-16-13-14-20-18(15-16)17-9-4-5-10-19(17)23(20)21-11-6-7-12-22(21)24(25)26;1-2-3-5-4/h4-7,9-15H,2-3,8H2,1H3;2-4H2,1H3. The van der Waals surface area contributed by atoms with E-state index in [1.54, 1.807) is 12.1 Å². The van der Waals surface area contributed by atoms with Gasteiger partial charge in [0.15, 0.2) is 0 Å². The molecule has 0 fully saturated rings. The molecule has 6 heteroatoms. The fourth-order valence-electron chi connectivity index (χ4n) is 3.74. The number of hydrogen-bond donors (Lipinski definition) is 1. The molecule has 0 spiro atoms. The van der Waals surface area contributed by atoms with Crippen LogP contribution in [0.3, 0.4) is 0 Å². The van der Waals surface area contributed by atoms with E-state index < -0.39 is 0 Å². The van der Waals surface area contributed by atoms with Crippen LogP contribution < -0.4 is 5.90 Å². The molecule has 0 unspecified atom stereocenters. The number of rotatable bonds is 7. The first-order valence-electron chi connectivity index (χ1n) is 10.7. The van der Waals surface area contributed by atoms with Crippen LogP contribution in [-0.4, -0.2) is 16.1 Å². The van der Waals surface area contributed by atoms with Gasteiger partial charge in [-0.25, -0.2) is 5.90 Å². The van der Waals surface area contributed by atoms with Gasteiger partial charge in [-0.05, 0) is 49.1 Å². The molecule has 1 heterocycles. The van der Waals surface area contributed by atoms with E-state index in [0.717, 1.165) is 47.5 Å². The summed E-state index contributed by atoms with van der Waals surface area (Å²) in [6.07, 6.45) is 4.37. The third-order valence-electron chi connectivity index (χ3n) is 5.20. The second-order valence-electron chi connectivity index (χ2n) is 7.42. The van der Waals surface area contributed by atoms with E-state index in [1.165, 1.54) is 5.56 Å². The highest BCUT2D eigenvalue weighted by molar-refractivity contribution is 6.09. The first-order chi connectivity index (χ1) is 15.1. The Balaban J connectivity index is 0.000000491. The third-order valence-corrected chi connectivity index (χ3v) is 5.20. The van der Waals surface area contributed by atoms with Gasteiger partial charge in [0.1, 0.15) is 5.69 Å². The normalized spacial score (nSPS) is 10.8. The van der Waals surface area contributed by atoms with Gasteiger partial charge in [-0.15, -0.1) is 0 Å². The SMILES string of the molecule is CCCCc1ccc2c(c1)c1ccccc1n2-c1ccccc1[N+](=O)[O-].CCCON. The monoisotopic (exact) mass is 419 g/mol. The van der Waals surface area contributed by atoms with Gasteiger partial charge in [-0.2, -0.15) is 0 Å². The predicted molar refractivity (Wildman–Crippen MR) is 126 cm³/mol. The van der Waals surface area contributed by atoms with Crippen molar-refractivity contribution in [2.75, 3.05) is 6.61 Å². The average molecular weight is 420 g/mol. The maximum Gasteiger partial charge on any atom is 0.293 e. The summed E-state index contributed by atoms with van der Waals surface area (Å²) >= 11 is 0. The van der Waals surface area contributed by atoms with Gasteiger partial charge in [0.25, 0.3) is 5.69 Å². The number of nitro groups is 1. The number of fused-ring (bicyclic) bond motifs is 3. The molecule has 0 atom stereocenters. The number of nitro benzene ring substituents is 1. The van der Waals surface area contributed by atoms with Crippen molar-refractivity contribution in [2.45, 2.75) is 39.5 Å². The number of aromatic nitrogens is 1. The molecule has 0 aliphatic rings. The third kappa shape index (κ3) is 4.93. The van der Waals surface area contributed by atoms with E-state index in [2.05, 4.69) is 41.9 Å². The minimum atomic E-state index is -0.314. The lowest BCUT2D eigenvalue weighted by Gasteiger charge is -2.08. The fourth-order valence-corrected chi connectivity index (χ4v) is 3.74. The zero-order valence-electron chi connectivity index (χ0n) is 18.1. The van der Waals surface area contributed by atoms with Gasteiger partial charge in [-0.1, -0.05) is 56.7 Å². The summed E-state index contributed by atoms with van der Waals surface area (Å²) in [5.41, 5.74) is 4.02. The molecule has 2 N–H and O–H groups in total. The van der Waals surface area contributed by atoms with Crippen LogP contribution in [0.15, 0.2) is 66.7 Å². The molecule has 162 valence electrons. The van der Waals surface area contributed by atoms with E-state index in [9.17, 15) is 10.1 Å². The van der Waals surface area contributed by atoms with E-state index in [0.29, 0.717) is 12.3 Å². The van der Waals surface area contributed by atoms with Crippen molar-refractivity contribution in [3.05, 3.63) is 82.4 Å². The number of aryl methyl sites for hydroxylation is 1. The number of para-hydroxylation sites is 3. The van der Waals surface area contributed by atoms with Crippen LogP contribution in [0.1, 0.15) is 38.7 Å². The van der Waals surface area contributed by atoms with Gasteiger partial charge in [0.2, 0.25) is 0 Å². The molecule has 0 saturated heterocycles. The predicted octanol–water partition coefficient (Wildman–Crippen LogP) is 6.32. The molecule has 0 aliphatic heterocycles. The lowest BCUT2D eigenvalue weighted by molar-refractivity contribution is -0.384. The summed E-state index contributed by atoms with van der Waals surface area (Å²) < 4.78 is 2.01. The second kappa shape index (κ2) is 10.7. The summed E-state index contributed by atoms with van der Waals surface area (Å²) in [7, 11) is 0. The molecule has 0 bridgehead atoms. The highest BCUT2D eigenvalue weighted by atomic mass is 16.6. The Bertz CT molecular complexity index is 1170. The molecule has 0 saturated carbocycles. The summed E-state index contributed by atoms with van der Waals surface area (Å²) in [5.74, 6) is 4.64. The highest BCUT2D eigenvalue weighted by Gasteiger charge is 2.19. The Morgan fingerprint density at radius 3 is 2.32 bits per heavy atom. The minimum absolute atomic E-state index is 0.116. The van der Waals surface area contributed by atoms with E-state index in [4.69, 9.17) is 0 Å². The lowest BCUT2D eigenvalue weighted by atomic mass is 10.0. The maximum absolute atomic E-state index is 11.6. The minimum Gasteiger partial charge on any atom is -0.305 e. The topological polar surface area (TPSA) is 83.3 Å². The molecular weight excluding hydrogens is 390 g/mol. The van der Waals surface area contributed by atoms with Gasteiger partial charge in [0, 0.05) is 16.8 Å². The summed E-state index contributed by atoms with van der Waals surface area (Å²) in [6.45, 7) is 4.87. The van der Waals surface area contributed by atoms with Crippen molar-refractivity contribution in [3.63, 3.8) is 0 Å². The summed E-state index contributed by atoms with van der Waals surface area (Å²) in [4.78, 5) is 15.4. The number of hydrogen-bond acceptors (Lipinski definition) is 4. The Labute approximate surface area is 182 Å². The molecule has 0 aliphatic carbocycles. The maximum atomic E-state index is 11.6. The lowest BCUT2D eigenvalue weighted by Crippen LogP contribution is -1.99. The van der Waals surface area contributed by atoms with E-state index in [1.807, 2.05) is 41.8 Å². The van der Waals surface area contributed by atoms with Crippen molar-refractivity contribution >= 4 is 27.5 Å². The van der Waals surface area contributed by atoms with Gasteiger partial charge >= 0.3 is 0 Å². The van der Waals surface area contributed by atoms with Crippen molar-refractivity contribution in [3.8, 4) is 5.69 Å².